The summed E-state index contributed by atoms with van der Waals surface area (Å²) in [4.78, 5) is 24.6. The number of aromatic nitrogens is 2. The molecule has 8 nitrogen and oxygen atoms in total. The highest BCUT2D eigenvalue weighted by molar-refractivity contribution is 6.07. The van der Waals surface area contributed by atoms with Crippen LogP contribution in [0.15, 0.2) is 18.2 Å². The van der Waals surface area contributed by atoms with Gasteiger partial charge >= 0.3 is 0 Å². The van der Waals surface area contributed by atoms with E-state index in [0.717, 1.165) is 5.56 Å². The van der Waals surface area contributed by atoms with E-state index < -0.39 is 0 Å². The summed E-state index contributed by atoms with van der Waals surface area (Å²) < 4.78 is 12.1. The Morgan fingerprint density at radius 3 is 2.80 bits per heavy atom. The van der Waals surface area contributed by atoms with Crippen molar-refractivity contribution in [3.63, 3.8) is 0 Å². The number of amides is 2. The van der Waals surface area contributed by atoms with E-state index in [0.29, 0.717) is 35.1 Å². The minimum absolute atomic E-state index is 0.0529. The van der Waals surface area contributed by atoms with Gasteiger partial charge in [0.05, 0.1) is 19.8 Å². The van der Waals surface area contributed by atoms with Crippen molar-refractivity contribution in [3.8, 4) is 11.5 Å². The zero-order chi connectivity index (χ0) is 18.1. The number of nitrogens with one attached hydrogen (secondary N) is 2. The van der Waals surface area contributed by atoms with Gasteiger partial charge in [0.15, 0.2) is 17.3 Å². The molecule has 0 saturated carbocycles. The quantitative estimate of drug-likeness (QED) is 0.882. The first kappa shape index (κ1) is 16.8. The van der Waals surface area contributed by atoms with Crippen LogP contribution in [-0.4, -0.2) is 35.8 Å². The predicted molar refractivity (Wildman–Crippen MR) is 92.2 cm³/mol. The summed E-state index contributed by atoms with van der Waals surface area (Å²) in [6.45, 7) is 1.84. The van der Waals surface area contributed by atoms with Crippen LogP contribution in [0.2, 0.25) is 0 Å². The number of rotatable bonds is 4. The molecule has 0 fully saturated rings. The van der Waals surface area contributed by atoms with Crippen molar-refractivity contribution in [2.24, 2.45) is 13.0 Å². The minimum Gasteiger partial charge on any atom is -0.493 e. The van der Waals surface area contributed by atoms with Gasteiger partial charge in [-0.3, -0.25) is 14.3 Å². The Hall–Kier alpha value is -3.03. The van der Waals surface area contributed by atoms with E-state index in [1.807, 2.05) is 6.92 Å². The minimum atomic E-state index is -0.360. The summed E-state index contributed by atoms with van der Waals surface area (Å²) in [6, 6.07) is 5.08. The lowest BCUT2D eigenvalue weighted by Gasteiger charge is -2.19. The topological polar surface area (TPSA) is 94.5 Å². The Morgan fingerprint density at radius 1 is 1.36 bits per heavy atom. The molecule has 0 spiro atoms. The molecule has 1 aromatic carbocycles. The SMILES string of the molecule is COc1cccc(C(=O)Nc2nn(C)c3c2CC(C)C(=O)N3)c1OC. The Morgan fingerprint density at radius 2 is 2.12 bits per heavy atom. The van der Waals surface area contributed by atoms with Gasteiger partial charge in [0, 0.05) is 18.5 Å². The molecule has 1 atom stereocenters. The van der Waals surface area contributed by atoms with Gasteiger partial charge in [-0.05, 0) is 18.6 Å². The number of para-hydroxylation sites is 1. The highest BCUT2D eigenvalue weighted by Gasteiger charge is 2.29. The molecule has 0 saturated heterocycles. The summed E-state index contributed by atoms with van der Waals surface area (Å²) in [5.41, 5.74) is 1.15. The van der Waals surface area contributed by atoms with Gasteiger partial charge in [-0.2, -0.15) is 5.10 Å². The van der Waals surface area contributed by atoms with E-state index in [-0.39, 0.29) is 17.7 Å². The van der Waals surface area contributed by atoms with Gasteiger partial charge < -0.3 is 20.1 Å². The van der Waals surface area contributed by atoms with Crippen LogP contribution in [0.1, 0.15) is 22.8 Å². The van der Waals surface area contributed by atoms with E-state index in [1.54, 1.807) is 29.9 Å². The molecule has 25 heavy (non-hydrogen) atoms. The molecule has 1 aromatic heterocycles. The molecule has 1 unspecified atom stereocenters. The maximum Gasteiger partial charge on any atom is 0.260 e. The van der Waals surface area contributed by atoms with Crippen LogP contribution < -0.4 is 20.1 Å². The molecule has 132 valence electrons. The van der Waals surface area contributed by atoms with Crippen LogP contribution in [0.4, 0.5) is 11.6 Å². The van der Waals surface area contributed by atoms with Crippen molar-refractivity contribution in [1.29, 1.82) is 0 Å². The number of hydrogen-bond acceptors (Lipinski definition) is 5. The molecule has 2 aromatic rings. The first-order valence-corrected chi connectivity index (χ1v) is 7.85. The lowest BCUT2D eigenvalue weighted by atomic mass is 9.98. The van der Waals surface area contributed by atoms with Gasteiger partial charge in [-0.1, -0.05) is 13.0 Å². The predicted octanol–water partition coefficient (Wildman–Crippen LogP) is 1.82. The summed E-state index contributed by atoms with van der Waals surface area (Å²) in [5.74, 6) is 1.27. The Labute approximate surface area is 145 Å². The summed E-state index contributed by atoms with van der Waals surface area (Å²) >= 11 is 0. The van der Waals surface area contributed by atoms with Crippen LogP contribution in [0.25, 0.3) is 0 Å². The normalized spacial score (nSPS) is 16.0. The van der Waals surface area contributed by atoms with Crippen molar-refractivity contribution in [1.82, 2.24) is 9.78 Å². The molecule has 8 heteroatoms. The lowest BCUT2D eigenvalue weighted by molar-refractivity contribution is -0.119. The van der Waals surface area contributed by atoms with Crippen molar-refractivity contribution >= 4 is 23.5 Å². The van der Waals surface area contributed by atoms with Gasteiger partial charge in [-0.25, -0.2) is 0 Å². The molecule has 2 amide bonds. The van der Waals surface area contributed by atoms with E-state index in [1.165, 1.54) is 14.2 Å². The van der Waals surface area contributed by atoms with Gasteiger partial charge in [0.1, 0.15) is 5.82 Å². The lowest BCUT2D eigenvalue weighted by Crippen LogP contribution is -2.28. The first-order valence-electron chi connectivity index (χ1n) is 7.85. The molecule has 2 N–H and O–H groups in total. The van der Waals surface area contributed by atoms with E-state index in [9.17, 15) is 9.59 Å². The Kier molecular flexibility index (Phi) is 4.35. The molecule has 0 radical (unpaired) electrons. The maximum absolute atomic E-state index is 12.7. The number of benzene rings is 1. The number of methoxy groups -OCH3 is 2. The summed E-state index contributed by atoms with van der Waals surface area (Å²) in [6.07, 6.45) is 0.514. The second kappa shape index (κ2) is 6.46. The van der Waals surface area contributed by atoms with Crippen LogP contribution in [0, 0.1) is 5.92 Å². The second-order valence-electron chi connectivity index (χ2n) is 5.89. The van der Waals surface area contributed by atoms with E-state index in [2.05, 4.69) is 15.7 Å². The smallest absolute Gasteiger partial charge is 0.260 e. The van der Waals surface area contributed by atoms with Crippen molar-refractivity contribution in [3.05, 3.63) is 29.3 Å². The monoisotopic (exact) mass is 344 g/mol. The number of fused-ring (bicyclic) bond motifs is 1. The third kappa shape index (κ3) is 2.90. The van der Waals surface area contributed by atoms with E-state index >= 15 is 0 Å². The zero-order valence-electron chi connectivity index (χ0n) is 14.5. The first-order chi connectivity index (χ1) is 12.0. The average molecular weight is 344 g/mol. The highest BCUT2D eigenvalue weighted by atomic mass is 16.5. The molecule has 1 aliphatic heterocycles. The number of nitrogens with zero attached hydrogens (tertiary/aromatic N) is 2. The number of aryl methyl sites for hydroxylation is 1. The molecule has 1 aliphatic rings. The standard InChI is InChI=1S/C17H20N4O4/c1-9-8-11-14(20-21(2)15(11)19-16(9)22)18-17(23)10-6-5-7-12(24-3)13(10)25-4/h5-7,9H,8H2,1-4H3,(H,19,22)(H,18,20,23). The number of anilines is 2. The molecule has 0 bridgehead atoms. The largest absolute Gasteiger partial charge is 0.493 e. The Bertz CT molecular complexity index is 843. The van der Waals surface area contributed by atoms with Gasteiger partial charge in [0.2, 0.25) is 5.91 Å². The van der Waals surface area contributed by atoms with Crippen LogP contribution >= 0.6 is 0 Å². The number of carbonyl (C=O) groups is 2. The van der Waals surface area contributed by atoms with Crippen molar-refractivity contribution < 1.29 is 19.1 Å². The fourth-order valence-corrected chi connectivity index (χ4v) is 2.90. The van der Waals surface area contributed by atoms with E-state index in [4.69, 9.17) is 9.47 Å². The highest BCUT2D eigenvalue weighted by Crippen LogP contribution is 2.33. The number of ether oxygens (including phenoxy) is 2. The molecule has 3 rings (SSSR count). The maximum atomic E-state index is 12.7. The molecular weight excluding hydrogens is 324 g/mol. The fourth-order valence-electron chi connectivity index (χ4n) is 2.90. The van der Waals surface area contributed by atoms with Crippen LogP contribution in [0.3, 0.4) is 0 Å². The number of hydrogen-bond donors (Lipinski definition) is 2. The third-order valence-corrected chi connectivity index (χ3v) is 4.22. The second-order valence-corrected chi connectivity index (χ2v) is 5.89. The number of carbonyl (C=O) groups excluding carboxylic acids is 2. The van der Waals surface area contributed by atoms with Gasteiger partial charge in [-0.15, -0.1) is 0 Å². The van der Waals surface area contributed by atoms with Crippen LogP contribution in [-0.2, 0) is 18.3 Å². The summed E-state index contributed by atoms with van der Waals surface area (Å²) in [7, 11) is 4.71. The van der Waals surface area contributed by atoms with Crippen molar-refractivity contribution in [2.45, 2.75) is 13.3 Å². The molecular formula is C17H20N4O4. The molecule has 0 aliphatic carbocycles. The third-order valence-electron chi connectivity index (χ3n) is 4.22. The Balaban J connectivity index is 1.93. The van der Waals surface area contributed by atoms with Gasteiger partial charge in [0.25, 0.3) is 5.91 Å². The van der Waals surface area contributed by atoms with Crippen LogP contribution in [0.5, 0.6) is 11.5 Å². The zero-order valence-corrected chi connectivity index (χ0v) is 14.5. The fraction of sp³-hybridized carbons (Fsp3) is 0.353. The average Bonchev–Trinajstić information content (AvgIpc) is 2.89. The summed E-state index contributed by atoms with van der Waals surface area (Å²) in [5, 5.41) is 9.95. The molecule has 2 heterocycles. The van der Waals surface area contributed by atoms with Crippen molar-refractivity contribution in [2.75, 3.05) is 24.9 Å².